The first kappa shape index (κ1) is 21.6. The van der Waals surface area contributed by atoms with Gasteiger partial charge in [-0.2, -0.15) is 4.31 Å². The molecule has 1 unspecified atom stereocenters. The molecule has 0 radical (unpaired) electrons. The van der Waals surface area contributed by atoms with Crippen molar-refractivity contribution >= 4 is 33.2 Å². The van der Waals surface area contributed by atoms with Crippen LogP contribution in [0.1, 0.15) is 10.4 Å². The molecule has 3 rings (SSSR count). The lowest BCUT2D eigenvalue weighted by atomic mass is 10.2. The highest BCUT2D eigenvalue weighted by Gasteiger charge is 2.30. The summed E-state index contributed by atoms with van der Waals surface area (Å²) < 4.78 is 27.4. The number of sulfonamides is 1. The molecule has 7 nitrogen and oxygen atoms in total. The van der Waals surface area contributed by atoms with Crippen molar-refractivity contribution in [2.75, 3.05) is 43.9 Å². The molecule has 2 aromatic carbocycles. The third kappa shape index (κ3) is 5.27. The van der Waals surface area contributed by atoms with Crippen molar-refractivity contribution in [1.82, 2.24) is 9.21 Å². The Kier molecular flexibility index (Phi) is 7.13. The second-order valence-corrected chi connectivity index (χ2v) is 9.03. The molecule has 2 aromatic rings. The van der Waals surface area contributed by atoms with Gasteiger partial charge in [-0.15, -0.1) is 11.6 Å². The van der Waals surface area contributed by atoms with Crippen molar-refractivity contribution in [3.8, 4) is 0 Å². The quantitative estimate of drug-likeness (QED) is 0.645. The molecule has 1 aliphatic heterocycles. The van der Waals surface area contributed by atoms with Crippen LogP contribution in [0, 0.1) is 0 Å². The summed E-state index contributed by atoms with van der Waals surface area (Å²) in [6, 6.07) is 15.4. The van der Waals surface area contributed by atoms with Crippen molar-refractivity contribution in [1.29, 1.82) is 0 Å². The average Bonchev–Trinajstić information content (AvgIpc) is 2.77. The number of nitrogens with zero attached hydrogens (tertiary/aromatic N) is 2. The molecule has 29 heavy (non-hydrogen) atoms. The monoisotopic (exact) mass is 437 g/mol. The number of amides is 1. The number of benzene rings is 2. The predicted molar refractivity (Wildman–Crippen MR) is 113 cm³/mol. The zero-order valence-corrected chi connectivity index (χ0v) is 17.4. The van der Waals surface area contributed by atoms with Crippen molar-refractivity contribution in [2.45, 2.75) is 11.0 Å². The Bertz CT molecular complexity index is 932. The number of anilines is 1. The van der Waals surface area contributed by atoms with E-state index in [4.69, 9.17) is 11.6 Å². The number of hydrogen-bond acceptors (Lipinski definition) is 5. The summed E-state index contributed by atoms with van der Waals surface area (Å²) in [5, 5.41) is 12.5. The van der Waals surface area contributed by atoms with Crippen LogP contribution in [0.25, 0.3) is 0 Å². The van der Waals surface area contributed by atoms with Gasteiger partial charge < -0.3 is 15.3 Å². The number of hydrogen-bond donors (Lipinski definition) is 2. The number of halogens is 1. The normalized spacial score (nSPS) is 16.4. The van der Waals surface area contributed by atoms with Crippen LogP contribution in [-0.2, 0) is 10.0 Å². The van der Waals surface area contributed by atoms with Gasteiger partial charge in [-0.25, -0.2) is 8.42 Å². The summed E-state index contributed by atoms with van der Waals surface area (Å²) >= 11 is 5.58. The lowest BCUT2D eigenvalue weighted by Crippen LogP contribution is -2.50. The summed E-state index contributed by atoms with van der Waals surface area (Å²) in [6.45, 7) is 1.39. The number of aliphatic hydroxyl groups is 1. The van der Waals surface area contributed by atoms with E-state index in [1.165, 1.54) is 10.4 Å². The van der Waals surface area contributed by atoms with Crippen LogP contribution in [0.5, 0.6) is 0 Å². The Morgan fingerprint density at radius 1 is 1.07 bits per heavy atom. The number of piperazine rings is 1. The molecule has 1 atom stereocenters. The topological polar surface area (TPSA) is 90.0 Å². The van der Waals surface area contributed by atoms with E-state index in [2.05, 4.69) is 5.32 Å². The van der Waals surface area contributed by atoms with Crippen LogP contribution in [0.15, 0.2) is 59.5 Å². The Balaban J connectivity index is 1.65. The number of alkyl halides is 1. The lowest BCUT2D eigenvalue weighted by Gasteiger charge is -2.34. The molecule has 0 aliphatic carbocycles. The van der Waals surface area contributed by atoms with Gasteiger partial charge in [0, 0.05) is 44.0 Å². The molecule has 1 saturated heterocycles. The predicted octanol–water partition coefficient (Wildman–Crippen LogP) is 1.84. The zero-order chi connectivity index (χ0) is 20.9. The van der Waals surface area contributed by atoms with Crippen molar-refractivity contribution in [2.24, 2.45) is 0 Å². The van der Waals surface area contributed by atoms with Gasteiger partial charge in [0.1, 0.15) is 0 Å². The summed E-state index contributed by atoms with van der Waals surface area (Å²) in [7, 11) is -3.68. The number of carbonyl (C=O) groups is 1. The minimum Gasteiger partial charge on any atom is -0.390 e. The molecule has 0 bridgehead atoms. The van der Waals surface area contributed by atoms with Gasteiger partial charge in [0.05, 0.1) is 16.9 Å². The lowest BCUT2D eigenvalue weighted by molar-refractivity contribution is 0.0698. The van der Waals surface area contributed by atoms with Gasteiger partial charge in [-0.05, 0) is 30.3 Å². The first-order valence-electron chi connectivity index (χ1n) is 9.34. The summed E-state index contributed by atoms with van der Waals surface area (Å²) in [6.07, 6.45) is -0.716. The molecule has 156 valence electrons. The smallest absolute Gasteiger partial charge is 0.253 e. The molecule has 2 N–H and O–H groups in total. The molecule has 1 amide bonds. The average molecular weight is 438 g/mol. The summed E-state index contributed by atoms with van der Waals surface area (Å²) in [5.74, 6) is 0.00319. The molecular weight excluding hydrogens is 414 g/mol. The largest absolute Gasteiger partial charge is 0.390 e. The molecular formula is C20H24ClN3O4S. The van der Waals surface area contributed by atoms with Crippen LogP contribution in [0.2, 0.25) is 0 Å². The van der Waals surface area contributed by atoms with E-state index in [-0.39, 0.29) is 36.3 Å². The van der Waals surface area contributed by atoms with E-state index in [1.807, 2.05) is 6.07 Å². The number of rotatable bonds is 7. The molecule has 9 heteroatoms. The van der Waals surface area contributed by atoms with Gasteiger partial charge in [-0.3, -0.25) is 4.79 Å². The van der Waals surface area contributed by atoms with E-state index in [0.29, 0.717) is 24.3 Å². The molecule has 1 aliphatic rings. The number of nitrogens with one attached hydrogen (secondary N) is 1. The fraction of sp³-hybridized carbons (Fsp3) is 0.350. The standard InChI is InChI=1S/C20H24ClN3O4S/c21-14-18(25)15-22-17-7-4-8-19(13-17)29(27,28)24-11-9-23(10-12-24)20(26)16-5-2-1-3-6-16/h1-8,13,18,22,25H,9-12,14-15H2. The maximum absolute atomic E-state index is 13.0. The Hall–Kier alpha value is -2.13. The van der Waals surface area contributed by atoms with Crippen LogP contribution >= 0.6 is 11.6 Å². The SMILES string of the molecule is O=C(c1ccccc1)N1CCN(S(=O)(=O)c2cccc(NCC(O)CCl)c2)CC1. The Morgan fingerprint density at radius 2 is 1.76 bits per heavy atom. The van der Waals surface area contributed by atoms with Crippen molar-refractivity contribution in [3.63, 3.8) is 0 Å². The first-order chi connectivity index (χ1) is 13.9. The Labute approximate surface area is 175 Å². The second-order valence-electron chi connectivity index (χ2n) is 6.78. The molecule has 0 aromatic heterocycles. The summed E-state index contributed by atoms with van der Waals surface area (Å²) in [5.41, 5.74) is 1.19. The van der Waals surface area contributed by atoms with Crippen LogP contribution in [0.4, 0.5) is 5.69 Å². The zero-order valence-electron chi connectivity index (χ0n) is 15.9. The summed E-state index contributed by atoms with van der Waals surface area (Å²) in [4.78, 5) is 14.4. The fourth-order valence-electron chi connectivity index (χ4n) is 3.10. The van der Waals surface area contributed by atoms with Crippen molar-refractivity contribution in [3.05, 3.63) is 60.2 Å². The number of carbonyl (C=O) groups excluding carboxylic acids is 1. The van der Waals surface area contributed by atoms with Crippen LogP contribution < -0.4 is 5.32 Å². The van der Waals surface area contributed by atoms with Gasteiger partial charge in [0.2, 0.25) is 10.0 Å². The molecule has 1 fully saturated rings. The highest BCUT2D eigenvalue weighted by molar-refractivity contribution is 7.89. The van der Waals surface area contributed by atoms with Gasteiger partial charge in [-0.1, -0.05) is 24.3 Å². The second kappa shape index (κ2) is 9.58. The van der Waals surface area contributed by atoms with Crippen molar-refractivity contribution < 1.29 is 18.3 Å². The van der Waals surface area contributed by atoms with Crippen LogP contribution in [0.3, 0.4) is 0 Å². The fourth-order valence-corrected chi connectivity index (χ4v) is 4.68. The molecule has 0 spiro atoms. The van der Waals surface area contributed by atoms with E-state index < -0.39 is 16.1 Å². The van der Waals surface area contributed by atoms with E-state index >= 15 is 0 Å². The third-order valence-electron chi connectivity index (χ3n) is 4.74. The van der Waals surface area contributed by atoms with Gasteiger partial charge in [0.25, 0.3) is 5.91 Å². The molecule has 1 heterocycles. The minimum atomic E-state index is -3.68. The minimum absolute atomic E-state index is 0.0910. The van der Waals surface area contributed by atoms with E-state index in [0.717, 1.165) is 0 Å². The molecule has 0 saturated carbocycles. The van der Waals surface area contributed by atoms with Gasteiger partial charge >= 0.3 is 0 Å². The maximum atomic E-state index is 13.0. The highest BCUT2D eigenvalue weighted by atomic mass is 35.5. The third-order valence-corrected chi connectivity index (χ3v) is 6.99. The number of aliphatic hydroxyl groups excluding tert-OH is 1. The van der Waals surface area contributed by atoms with Gasteiger partial charge in [0.15, 0.2) is 0 Å². The first-order valence-corrected chi connectivity index (χ1v) is 11.3. The van der Waals surface area contributed by atoms with E-state index in [1.54, 1.807) is 47.4 Å². The van der Waals surface area contributed by atoms with Crippen LogP contribution in [-0.4, -0.2) is 73.3 Å². The maximum Gasteiger partial charge on any atom is 0.253 e. The Morgan fingerprint density at radius 3 is 2.41 bits per heavy atom. The highest BCUT2D eigenvalue weighted by Crippen LogP contribution is 2.21. The van der Waals surface area contributed by atoms with E-state index in [9.17, 15) is 18.3 Å².